The predicted octanol–water partition coefficient (Wildman–Crippen LogP) is 1.69. The van der Waals surface area contributed by atoms with Crippen molar-refractivity contribution >= 4 is 11.8 Å². The average Bonchev–Trinajstić information content (AvgIpc) is 2.65. The standard InChI is InChI=1S/C19H28N2O4/c1-4-17(22)20-12-18(23)21-13-19(7-9-25-10-8-19)15-11-14(2)5-6-16(15)24-3/h5-6,11H,4,7-10,12-13H2,1-3H3,(H,20,22)(H,21,23). The first-order valence-electron chi connectivity index (χ1n) is 8.77. The van der Waals surface area contributed by atoms with Crippen LogP contribution in [0.4, 0.5) is 0 Å². The third-order valence-corrected chi connectivity index (χ3v) is 4.77. The number of carbonyl (C=O) groups excluding carboxylic acids is 2. The summed E-state index contributed by atoms with van der Waals surface area (Å²) in [4.78, 5) is 23.4. The van der Waals surface area contributed by atoms with Crippen molar-refractivity contribution in [1.29, 1.82) is 0 Å². The Morgan fingerprint density at radius 1 is 1.20 bits per heavy atom. The maximum Gasteiger partial charge on any atom is 0.239 e. The highest BCUT2D eigenvalue weighted by Gasteiger charge is 2.37. The molecule has 25 heavy (non-hydrogen) atoms. The Morgan fingerprint density at radius 2 is 1.92 bits per heavy atom. The molecule has 1 saturated heterocycles. The molecule has 1 fully saturated rings. The second-order valence-corrected chi connectivity index (χ2v) is 6.50. The lowest BCUT2D eigenvalue weighted by Crippen LogP contribution is -2.47. The van der Waals surface area contributed by atoms with Crippen molar-refractivity contribution in [3.63, 3.8) is 0 Å². The topological polar surface area (TPSA) is 76.7 Å². The van der Waals surface area contributed by atoms with Crippen LogP contribution in [0, 0.1) is 6.92 Å². The molecule has 0 unspecified atom stereocenters. The third-order valence-electron chi connectivity index (χ3n) is 4.77. The van der Waals surface area contributed by atoms with Crippen LogP contribution in [0.5, 0.6) is 5.75 Å². The Kier molecular flexibility index (Phi) is 6.82. The van der Waals surface area contributed by atoms with Gasteiger partial charge in [0.1, 0.15) is 5.75 Å². The summed E-state index contributed by atoms with van der Waals surface area (Å²) in [5.41, 5.74) is 2.04. The van der Waals surface area contributed by atoms with Crippen LogP contribution in [0.25, 0.3) is 0 Å². The van der Waals surface area contributed by atoms with Crippen LogP contribution < -0.4 is 15.4 Å². The lowest BCUT2D eigenvalue weighted by molar-refractivity contribution is -0.126. The summed E-state index contributed by atoms with van der Waals surface area (Å²) in [5.74, 6) is 0.525. The molecule has 0 atom stereocenters. The molecule has 0 spiro atoms. The quantitative estimate of drug-likeness (QED) is 0.786. The van der Waals surface area contributed by atoms with Gasteiger partial charge in [-0.05, 0) is 25.8 Å². The molecule has 1 aromatic carbocycles. The minimum atomic E-state index is -0.222. The number of rotatable bonds is 7. The van der Waals surface area contributed by atoms with Crippen molar-refractivity contribution in [3.05, 3.63) is 29.3 Å². The molecule has 0 radical (unpaired) electrons. The van der Waals surface area contributed by atoms with Gasteiger partial charge < -0.3 is 20.1 Å². The van der Waals surface area contributed by atoms with Crippen LogP contribution in [0.15, 0.2) is 18.2 Å². The number of hydrogen-bond acceptors (Lipinski definition) is 4. The van der Waals surface area contributed by atoms with Crippen LogP contribution in [-0.2, 0) is 19.7 Å². The van der Waals surface area contributed by atoms with Gasteiger partial charge in [-0.15, -0.1) is 0 Å². The van der Waals surface area contributed by atoms with Gasteiger partial charge in [0.05, 0.1) is 13.7 Å². The van der Waals surface area contributed by atoms with Crippen molar-refractivity contribution in [2.75, 3.05) is 33.4 Å². The minimum absolute atomic E-state index is 0.00417. The largest absolute Gasteiger partial charge is 0.496 e. The summed E-state index contributed by atoms with van der Waals surface area (Å²) < 4.78 is 11.1. The first kappa shape index (κ1) is 19.2. The molecule has 1 aliphatic heterocycles. The summed E-state index contributed by atoms with van der Waals surface area (Å²) in [6, 6.07) is 6.13. The zero-order valence-electron chi connectivity index (χ0n) is 15.3. The van der Waals surface area contributed by atoms with E-state index in [1.807, 2.05) is 12.1 Å². The SMILES string of the molecule is CCC(=O)NCC(=O)NCC1(c2cc(C)ccc2OC)CCOCC1. The second-order valence-electron chi connectivity index (χ2n) is 6.50. The Hall–Kier alpha value is -2.08. The normalized spacial score (nSPS) is 16.1. The van der Waals surface area contributed by atoms with E-state index in [-0.39, 0.29) is 23.8 Å². The third kappa shape index (κ3) is 4.95. The van der Waals surface area contributed by atoms with Crippen molar-refractivity contribution in [2.24, 2.45) is 0 Å². The van der Waals surface area contributed by atoms with Crippen molar-refractivity contribution in [3.8, 4) is 5.75 Å². The molecule has 0 saturated carbocycles. The van der Waals surface area contributed by atoms with E-state index in [4.69, 9.17) is 9.47 Å². The van der Waals surface area contributed by atoms with Gasteiger partial charge in [-0.1, -0.05) is 24.6 Å². The van der Waals surface area contributed by atoms with E-state index < -0.39 is 0 Å². The summed E-state index contributed by atoms with van der Waals surface area (Å²) in [6.07, 6.45) is 2.00. The van der Waals surface area contributed by atoms with Crippen molar-refractivity contribution < 1.29 is 19.1 Å². The Morgan fingerprint density at radius 3 is 2.56 bits per heavy atom. The van der Waals surface area contributed by atoms with Gasteiger partial charge >= 0.3 is 0 Å². The highest BCUT2D eigenvalue weighted by molar-refractivity contribution is 5.84. The smallest absolute Gasteiger partial charge is 0.239 e. The van der Waals surface area contributed by atoms with E-state index in [1.54, 1.807) is 14.0 Å². The fourth-order valence-electron chi connectivity index (χ4n) is 3.17. The molecule has 6 heteroatoms. The molecule has 0 aromatic heterocycles. The molecule has 2 amide bonds. The van der Waals surface area contributed by atoms with Crippen LogP contribution in [0.3, 0.4) is 0 Å². The number of amides is 2. The van der Waals surface area contributed by atoms with E-state index >= 15 is 0 Å². The van der Waals surface area contributed by atoms with Gasteiger partial charge in [-0.3, -0.25) is 9.59 Å². The van der Waals surface area contributed by atoms with Crippen molar-refractivity contribution in [1.82, 2.24) is 10.6 Å². The van der Waals surface area contributed by atoms with E-state index in [1.165, 1.54) is 0 Å². The van der Waals surface area contributed by atoms with E-state index in [0.29, 0.717) is 26.2 Å². The lowest BCUT2D eigenvalue weighted by atomic mass is 9.73. The van der Waals surface area contributed by atoms with Crippen molar-refractivity contribution in [2.45, 2.75) is 38.5 Å². The number of benzene rings is 1. The zero-order valence-corrected chi connectivity index (χ0v) is 15.3. The van der Waals surface area contributed by atoms with Gasteiger partial charge in [-0.25, -0.2) is 0 Å². The summed E-state index contributed by atoms with van der Waals surface area (Å²) in [7, 11) is 1.67. The molecule has 0 aliphatic carbocycles. The molecule has 1 aromatic rings. The first-order chi connectivity index (χ1) is 12.0. The highest BCUT2D eigenvalue weighted by Crippen LogP contribution is 2.39. The Labute approximate surface area is 149 Å². The first-order valence-corrected chi connectivity index (χ1v) is 8.77. The van der Waals surface area contributed by atoms with E-state index in [2.05, 4.69) is 23.6 Å². The Bertz CT molecular complexity index is 609. The Balaban J connectivity index is 2.14. The zero-order chi connectivity index (χ0) is 18.3. The molecule has 2 rings (SSSR count). The van der Waals surface area contributed by atoms with Crippen LogP contribution >= 0.6 is 0 Å². The monoisotopic (exact) mass is 348 g/mol. The molecule has 138 valence electrons. The van der Waals surface area contributed by atoms with Gasteiger partial charge in [0.2, 0.25) is 11.8 Å². The molecule has 1 heterocycles. The maximum absolute atomic E-state index is 12.1. The predicted molar refractivity (Wildman–Crippen MR) is 95.8 cm³/mol. The van der Waals surface area contributed by atoms with E-state index in [9.17, 15) is 9.59 Å². The fourth-order valence-corrected chi connectivity index (χ4v) is 3.17. The van der Waals surface area contributed by atoms with Gasteiger partial charge in [0.15, 0.2) is 0 Å². The number of methoxy groups -OCH3 is 1. The summed E-state index contributed by atoms with van der Waals surface area (Å²) in [6.45, 7) is 5.61. The van der Waals surface area contributed by atoms with E-state index in [0.717, 1.165) is 29.7 Å². The molecular formula is C19H28N2O4. The minimum Gasteiger partial charge on any atom is -0.496 e. The molecule has 1 aliphatic rings. The van der Waals surface area contributed by atoms with Crippen LogP contribution in [0.1, 0.15) is 37.3 Å². The number of hydrogen-bond donors (Lipinski definition) is 2. The number of aryl methyl sites for hydroxylation is 1. The number of ether oxygens (including phenoxy) is 2. The molecule has 2 N–H and O–H groups in total. The molecule has 0 bridgehead atoms. The average molecular weight is 348 g/mol. The van der Waals surface area contributed by atoms with Crippen LogP contribution in [-0.4, -0.2) is 45.2 Å². The number of nitrogens with one attached hydrogen (secondary N) is 2. The summed E-state index contributed by atoms with van der Waals surface area (Å²) in [5, 5.41) is 5.58. The second kappa shape index (κ2) is 8.85. The van der Waals surface area contributed by atoms with Gasteiger partial charge in [0, 0.05) is 37.2 Å². The van der Waals surface area contributed by atoms with Crippen LogP contribution in [0.2, 0.25) is 0 Å². The molecule has 6 nitrogen and oxygen atoms in total. The van der Waals surface area contributed by atoms with Gasteiger partial charge in [0.25, 0.3) is 0 Å². The number of carbonyl (C=O) groups is 2. The van der Waals surface area contributed by atoms with Gasteiger partial charge in [-0.2, -0.15) is 0 Å². The highest BCUT2D eigenvalue weighted by atomic mass is 16.5. The lowest BCUT2D eigenvalue weighted by Gasteiger charge is -2.38. The maximum atomic E-state index is 12.1. The molecular weight excluding hydrogens is 320 g/mol. The summed E-state index contributed by atoms with van der Waals surface area (Å²) >= 11 is 0. The fraction of sp³-hybridized carbons (Fsp3) is 0.579.